The van der Waals surface area contributed by atoms with Crippen molar-refractivity contribution in [2.24, 2.45) is 5.92 Å². The summed E-state index contributed by atoms with van der Waals surface area (Å²) in [5, 5.41) is 0. The van der Waals surface area contributed by atoms with Crippen molar-refractivity contribution in [3.8, 4) is 0 Å². The molecule has 1 aliphatic carbocycles. The highest BCUT2D eigenvalue weighted by atomic mass is 16.6. The lowest BCUT2D eigenvalue weighted by Gasteiger charge is -2.41. The van der Waals surface area contributed by atoms with Crippen molar-refractivity contribution in [1.82, 2.24) is 9.80 Å². The number of hydrogen-bond donors (Lipinski definition) is 0. The first kappa shape index (κ1) is 13.7. The summed E-state index contributed by atoms with van der Waals surface area (Å²) in [5.74, 6) is 0.867. The summed E-state index contributed by atoms with van der Waals surface area (Å²) in [6, 6.07) is 0.748. The molecule has 0 unspecified atom stereocenters. The number of rotatable bonds is 2. The lowest BCUT2D eigenvalue weighted by atomic mass is 9.86. The molecule has 1 heterocycles. The van der Waals surface area contributed by atoms with Crippen molar-refractivity contribution in [3.63, 3.8) is 0 Å². The molecule has 0 radical (unpaired) electrons. The SMILES string of the molecule is CCOC(=O)N1CCN([C@@H]2CCC[C@@H](C)C2)CC1. The molecule has 0 spiro atoms. The molecule has 18 heavy (non-hydrogen) atoms. The van der Waals surface area contributed by atoms with Crippen LogP contribution in [0.25, 0.3) is 0 Å². The average molecular weight is 254 g/mol. The van der Waals surface area contributed by atoms with Crippen LogP contribution in [0.4, 0.5) is 4.79 Å². The summed E-state index contributed by atoms with van der Waals surface area (Å²) in [4.78, 5) is 16.0. The second-order valence-electron chi connectivity index (χ2n) is 5.65. The summed E-state index contributed by atoms with van der Waals surface area (Å²) in [6.07, 6.45) is 5.28. The van der Waals surface area contributed by atoms with Gasteiger partial charge in [-0.25, -0.2) is 4.79 Å². The minimum atomic E-state index is -0.144. The molecule has 0 aromatic heterocycles. The van der Waals surface area contributed by atoms with Gasteiger partial charge in [-0.3, -0.25) is 4.90 Å². The number of nitrogens with zero attached hydrogens (tertiary/aromatic N) is 2. The minimum absolute atomic E-state index is 0.144. The van der Waals surface area contributed by atoms with Gasteiger partial charge in [0.05, 0.1) is 6.61 Å². The third-order valence-electron chi connectivity index (χ3n) is 4.27. The third kappa shape index (κ3) is 3.37. The smallest absolute Gasteiger partial charge is 0.409 e. The van der Waals surface area contributed by atoms with Crippen molar-refractivity contribution in [1.29, 1.82) is 0 Å². The zero-order chi connectivity index (χ0) is 13.0. The van der Waals surface area contributed by atoms with E-state index >= 15 is 0 Å². The highest BCUT2D eigenvalue weighted by Crippen LogP contribution is 2.27. The van der Waals surface area contributed by atoms with Crippen LogP contribution in [0.1, 0.15) is 39.5 Å². The van der Waals surface area contributed by atoms with Crippen LogP contribution in [0.2, 0.25) is 0 Å². The molecule has 104 valence electrons. The van der Waals surface area contributed by atoms with E-state index in [2.05, 4.69) is 11.8 Å². The fraction of sp³-hybridized carbons (Fsp3) is 0.929. The Morgan fingerprint density at radius 3 is 2.56 bits per heavy atom. The number of carbonyl (C=O) groups is 1. The molecule has 0 aromatic rings. The fourth-order valence-electron chi connectivity index (χ4n) is 3.22. The van der Waals surface area contributed by atoms with E-state index in [0.29, 0.717) is 6.61 Å². The maximum absolute atomic E-state index is 11.6. The van der Waals surface area contributed by atoms with Gasteiger partial charge in [0.15, 0.2) is 0 Å². The van der Waals surface area contributed by atoms with Gasteiger partial charge in [-0.2, -0.15) is 0 Å². The molecule has 1 saturated heterocycles. The van der Waals surface area contributed by atoms with Crippen molar-refractivity contribution >= 4 is 6.09 Å². The topological polar surface area (TPSA) is 32.8 Å². The molecule has 2 aliphatic rings. The zero-order valence-corrected chi connectivity index (χ0v) is 11.7. The van der Waals surface area contributed by atoms with E-state index in [4.69, 9.17) is 4.74 Å². The second kappa shape index (κ2) is 6.41. The Bertz CT molecular complexity index is 275. The molecule has 0 N–H and O–H groups in total. The summed E-state index contributed by atoms with van der Waals surface area (Å²) >= 11 is 0. The van der Waals surface area contributed by atoms with Gasteiger partial charge in [-0.15, -0.1) is 0 Å². The van der Waals surface area contributed by atoms with Gasteiger partial charge >= 0.3 is 6.09 Å². The molecule has 1 aliphatic heterocycles. The number of hydrogen-bond acceptors (Lipinski definition) is 3. The quantitative estimate of drug-likeness (QED) is 0.758. The Morgan fingerprint density at radius 1 is 1.22 bits per heavy atom. The zero-order valence-electron chi connectivity index (χ0n) is 11.7. The lowest BCUT2D eigenvalue weighted by Crippen LogP contribution is -2.52. The van der Waals surface area contributed by atoms with Crippen molar-refractivity contribution in [2.45, 2.75) is 45.6 Å². The minimum Gasteiger partial charge on any atom is -0.450 e. The molecule has 1 saturated carbocycles. The van der Waals surface area contributed by atoms with Gasteiger partial charge in [0, 0.05) is 32.2 Å². The number of amides is 1. The van der Waals surface area contributed by atoms with E-state index in [0.717, 1.165) is 38.1 Å². The molecular weight excluding hydrogens is 228 g/mol. The third-order valence-corrected chi connectivity index (χ3v) is 4.27. The van der Waals surface area contributed by atoms with Crippen LogP contribution in [0.5, 0.6) is 0 Å². The number of carbonyl (C=O) groups excluding carboxylic acids is 1. The number of ether oxygens (including phenoxy) is 1. The van der Waals surface area contributed by atoms with E-state index in [1.54, 1.807) is 0 Å². The Morgan fingerprint density at radius 2 is 1.94 bits per heavy atom. The molecule has 2 fully saturated rings. The molecular formula is C14H26N2O2. The Kier molecular flexibility index (Phi) is 4.87. The van der Waals surface area contributed by atoms with Crippen LogP contribution in [-0.2, 0) is 4.74 Å². The molecule has 0 aromatic carbocycles. The second-order valence-corrected chi connectivity index (χ2v) is 5.65. The summed E-state index contributed by atoms with van der Waals surface area (Å²) in [6.45, 7) is 8.36. The summed E-state index contributed by atoms with van der Waals surface area (Å²) in [5.41, 5.74) is 0. The van der Waals surface area contributed by atoms with Gasteiger partial charge in [-0.05, 0) is 25.7 Å². The van der Waals surface area contributed by atoms with Crippen molar-refractivity contribution in [3.05, 3.63) is 0 Å². The van der Waals surface area contributed by atoms with E-state index in [9.17, 15) is 4.79 Å². The molecule has 0 bridgehead atoms. The van der Waals surface area contributed by atoms with Gasteiger partial charge in [0.1, 0.15) is 0 Å². The Hall–Kier alpha value is -0.770. The van der Waals surface area contributed by atoms with Gasteiger partial charge in [0.2, 0.25) is 0 Å². The first-order valence-electron chi connectivity index (χ1n) is 7.36. The largest absolute Gasteiger partial charge is 0.450 e. The van der Waals surface area contributed by atoms with Crippen LogP contribution in [0.3, 0.4) is 0 Å². The normalized spacial score (nSPS) is 30.2. The molecule has 2 atom stereocenters. The lowest BCUT2D eigenvalue weighted by molar-refractivity contribution is 0.0528. The predicted octanol–water partition coefficient (Wildman–Crippen LogP) is 2.34. The molecule has 4 nitrogen and oxygen atoms in total. The van der Waals surface area contributed by atoms with Crippen LogP contribution >= 0.6 is 0 Å². The predicted molar refractivity (Wildman–Crippen MR) is 71.6 cm³/mol. The first-order valence-corrected chi connectivity index (χ1v) is 7.36. The van der Waals surface area contributed by atoms with Crippen LogP contribution in [0.15, 0.2) is 0 Å². The Labute approximate surface area is 110 Å². The van der Waals surface area contributed by atoms with E-state index in [1.807, 2.05) is 11.8 Å². The number of piperazine rings is 1. The van der Waals surface area contributed by atoms with E-state index < -0.39 is 0 Å². The Balaban J connectivity index is 1.77. The van der Waals surface area contributed by atoms with Gasteiger partial charge < -0.3 is 9.64 Å². The van der Waals surface area contributed by atoms with Crippen molar-refractivity contribution in [2.75, 3.05) is 32.8 Å². The van der Waals surface area contributed by atoms with E-state index in [1.165, 1.54) is 25.7 Å². The fourth-order valence-corrected chi connectivity index (χ4v) is 3.22. The van der Waals surface area contributed by atoms with Crippen LogP contribution in [-0.4, -0.2) is 54.7 Å². The summed E-state index contributed by atoms with van der Waals surface area (Å²) in [7, 11) is 0. The highest BCUT2D eigenvalue weighted by Gasteiger charge is 2.29. The monoisotopic (exact) mass is 254 g/mol. The average Bonchev–Trinajstić information content (AvgIpc) is 2.39. The maximum Gasteiger partial charge on any atom is 0.409 e. The summed E-state index contributed by atoms with van der Waals surface area (Å²) < 4.78 is 5.05. The first-order chi connectivity index (χ1) is 8.70. The molecule has 1 amide bonds. The van der Waals surface area contributed by atoms with Gasteiger partial charge in [-0.1, -0.05) is 19.8 Å². The van der Waals surface area contributed by atoms with Gasteiger partial charge in [0.25, 0.3) is 0 Å². The van der Waals surface area contributed by atoms with Crippen molar-refractivity contribution < 1.29 is 9.53 Å². The molecule has 2 rings (SSSR count). The van der Waals surface area contributed by atoms with Crippen LogP contribution in [0, 0.1) is 5.92 Å². The standard InChI is InChI=1S/C14H26N2O2/c1-3-18-14(17)16-9-7-15(8-10-16)13-6-4-5-12(2)11-13/h12-13H,3-11H2,1-2H3/t12-,13-/m1/s1. The maximum atomic E-state index is 11.6. The molecule has 4 heteroatoms. The highest BCUT2D eigenvalue weighted by molar-refractivity contribution is 5.67. The van der Waals surface area contributed by atoms with Crippen LogP contribution < -0.4 is 0 Å². The van der Waals surface area contributed by atoms with E-state index in [-0.39, 0.29) is 6.09 Å².